The van der Waals surface area contributed by atoms with E-state index in [0.717, 1.165) is 12.8 Å². The Balaban J connectivity index is 1.59. The Morgan fingerprint density at radius 2 is 1.59 bits per heavy atom. The first-order valence-electron chi connectivity index (χ1n) is 13.1. The molecule has 1 unspecified atom stereocenters. The molecule has 2 atom stereocenters. The number of nitrogens with two attached hydrogens (primary N) is 1. The summed E-state index contributed by atoms with van der Waals surface area (Å²) in [6.07, 6.45) is 13.8. The number of nitrogens with zero attached hydrogens (tertiary/aromatic N) is 1. The van der Waals surface area contributed by atoms with Gasteiger partial charge in [0, 0.05) is 25.6 Å². The molecule has 9 heteroatoms. The van der Waals surface area contributed by atoms with E-state index in [2.05, 4.69) is 10.6 Å². The third-order valence-corrected chi connectivity index (χ3v) is 7.82. The third kappa shape index (κ3) is 10.7. The molecule has 1 aliphatic carbocycles. The number of nitrogens with one attached hydrogen (secondary N) is 2. The Hall–Kier alpha value is -1.77. The van der Waals surface area contributed by atoms with E-state index in [-0.39, 0.29) is 35.4 Å². The van der Waals surface area contributed by atoms with Gasteiger partial charge in [-0.05, 0) is 31.6 Å². The van der Waals surface area contributed by atoms with E-state index in [0.29, 0.717) is 38.1 Å². The molecular formula is C25H44N4O4S. The van der Waals surface area contributed by atoms with Crippen LogP contribution in [0.2, 0.25) is 0 Å². The van der Waals surface area contributed by atoms with Gasteiger partial charge in [0.2, 0.25) is 23.6 Å². The molecule has 8 nitrogen and oxygen atoms in total. The third-order valence-electron chi connectivity index (χ3n) is 6.89. The summed E-state index contributed by atoms with van der Waals surface area (Å²) in [5, 5.41) is 6.06. The van der Waals surface area contributed by atoms with Gasteiger partial charge >= 0.3 is 0 Å². The first-order valence-corrected chi connectivity index (χ1v) is 14.3. The van der Waals surface area contributed by atoms with E-state index in [1.54, 1.807) is 4.90 Å². The number of primary amides is 1. The van der Waals surface area contributed by atoms with Crippen molar-refractivity contribution in [3.05, 3.63) is 0 Å². The Bertz CT molecular complexity index is 663. The van der Waals surface area contributed by atoms with E-state index in [1.807, 2.05) is 6.92 Å². The second kappa shape index (κ2) is 16.0. The minimum atomic E-state index is -0.546. The van der Waals surface area contributed by atoms with Gasteiger partial charge in [-0.2, -0.15) is 0 Å². The van der Waals surface area contributed by atoms with Gasteiger partial charge in [-0.1, -0.05) is 58.3 Å². The average Bonchev–Trinajstić information content (AvgIpc) is 3.11. The fourth-order valence-electron chi connectivity index (χ4n) is 4.98. The maximum absolute atomic E-state index is 12.4. The molecule has 1 saturated carbocycles. The van der Waals surface area contributed by atoms with Crippen molar-refractivity contribution in [2.24, 2.45) is 11.7 Å². The second-order valence-electron chi connectivity index (χ2n) is 9.74. The highest BCUT2D eigenvalue weighted by Crippen LogP contribution is 2.23. The summed E-state index contributed by atoms with van der Waals surface area (Å²) in [5.74, 6) is 0.0480. The van der Waals surface area contributed by atoms with Crippen LogP contribution in [0.5, 0.6) is 0 Å². The van der Waals surface area contributed by atoms with Crippen molar-refractivity contribution in [2.75, 3.05) is 24.6 Å². The number of carbonyl (C=O) groups is 4. The highest BCUT2D eigenvalue weighted by Gasteiger charge is 2.35. The quantitative estimate of drug-likeness (QED) is 0.406. The molecule has 0 aromatic heterocycles. The minimum Gasteiger partial charge on any atom is -0.368 e. The topological polar surface area (TPSA) is 122 Å². The largest absolute Gasteiger partial charge is 0.368 e. The monoisotopic (exact) mass is 496 g/mol. The maximum atomic E-state index is 12.4. The van der Waals surface area contributed by atoms with Crippen molar-refractivity contribution in [2.45, 2.75) is 102 Å². The van der Waals surface area contributed by atoms with Crippen LogP contribution in [0.25, 0.3) is 0 Å². The number of rotatable bonds is 11. The van der Waals surface area contributed by atoms with E-state index < -0.39 is 11.9 Å². The predicted octanol–water partition coefficient (Wildman–Crippen LogP) is 2.74. The Kier molecular flexibility index (Phi) is 13.4. The normalized spacial score (nSPS) is 21.5. The van der Waals surface area contributed by atoms with E-state index in [9.17, 15) is 19.2 Å². The summed E-state index contributed by atoms with van der Waals surface area (Å²) in [7, 11) is 0. The molecule has 0 aromatic rings. The molecule has 4 N–H and O–H groups in total. The highest BCUT2D eigenvalue weighted by atomic mass is 32.2. The molecule has 1 heterocycles. The summed E-state index contributed by atoms with van der Waals surface area (Å²) >= 11 is 1.33. The Morgan fingerprint density at radius 3 is 2.18 bits per heavy atom. The molecule has 0 radical (unpaired) electrons. The number of hydrogen-bond acceptors (Lipinski definition) is 5. The van der Waals surface area contributed by atoms with Crippen molar-refractivity contribution >= 4 is 35.4 Å². The molecule has 0 spiro atoms. The molecule has 34 heavy (non-hydrogen) atoms. The van der Waals surface area contributed by atoms with Gasteiger partial charge in [-0.25, -0.2) is 0 Å². The van der Waals surface area contributed by atoms with Gasteiger partial charge < -0.3 is 21.3 Å². The van der Waals surface area contributed by atoms with Crippen LogP contribution in [0.4, 0.5) is 0 Å². The van der Waals surface area contributed by atoms with E-state index in [4.69, 9.17) is 5.73 Å². The van der Waals surface area contributed by atoms with Gasteiger partial charge in [0.25, 0.3) is 0 Å². The summed E-state index contributed by atoms with van der Waals surface area (Å²) in [6, 6.07) is -0.286. The van der Waals surface area contributed by atoms with Crippen LogP contribution in [0.1, 0.15) is 90.4 Å². The average molecular weight is 497 g/mol. The number of thioether (sulfide) groups is 1. The molecule has 2 fully saturated rings. The van der Waals surface area contributed by atoms with Gasteiger partial charge in [0.15, 0.2) is 0 Å². The number of carbonyl (C=O) groups excluding carboxylic acids is 4. The van der Waals surface area contributed by atoms with Crippen LogP contribution < -0.4 is 16.4 Å². The lowest BCUT2D eigenvalue weighted by molar-refractivity contribution is -0.136. The predicted molar refractivity (Wildman–Crippen MR) is 136 cm³/mol. The lowest BCUT2D eigenvalue weighted by Crippen LogP contribution is -2.45. The molecule has 1 aliphatic heterocycles. The lowest BCUT2D eigenvalue weighted by atomic mass is 10.0. The van der Waals surface area contributed by atoms with Crippen LogP contribution in [-0.4, -0.2) is 65.2 Å². The van der Waals surface area contributed by atoms with Crippen LogP contribution in [0.15, 0.2) is 0 Å². The first-order chi connectivity index (χ1) is 16.4. The minimum absolute atomic E-state index is 0.0159. The van der Waals surface area contributed by atoms with Crippen LogP contribution >= 0.6 is 11.8 Å². The Morgan fingerprint density at radius 1 is 1.00 bits per heavy atom. The molecule has 194 valence electrons. The Labute approximate surface area is 208 Å². The van der Waals surface area contributed by atoms with Crippen molar-refractivity contribution < 1.29 is 19.2 Å². The van der Waals surface area contributed by atoms with Gasteiger partial charge in [-0.3, -0.25) is 19.2 Å². The van der Waals surface area contributed by atoms with E-state index >= 15 is 0 Å². The van der Waals surface area contributed by atoms with Gasteiger partial charge in [-0.15, -0.1) is 11.8 Å². The van der Waals surface area contributed by atoms with Crippen LogP contribution in [0, 0.1) is 5.92 Å². The summed E-state index contributed by atoms with van der Waals surface area (Å²) < 4.78 is 0. The lowest BCUT2D eigenvalue weighted by Gasteiger charge is -2.24. The molecule has 4 amide bonds. The van der Waals surface area contributed by atoms with Gasteiger partial charge in [0.05, 0.1) is 11.5 Å². The van der Waals surface area contributed by atoms with Crippen molar-refractivity contribution in [3.8, 4) is 0 Å². The molecule has 0 bridgehead atoms. The SMILES string of the molecule is CC[C@H](C(N)=O)N1CC(CCNC(=O)CSCC(=O)NC2CCCCCCCCCC2)CC1=O. The standard InChI is InChI=1S/C25H44N4O4S/c1-2-21(25(26)33)29-16-19(15-24(29)32)13-14-27-22(30)17-34-18-23(31)28-20-11-9-7-5-3-4-6-8-10-12-20/h19-21H,2-18H2,1H3,(H2,26,33)(H,27,30)(H,28,31)/t19?,21-/m1/s1. The summed E-state index contributed by atoms with van der Waals surface area (Å²) in [6.45, 7) is 2.83. The number of hydrogen-bond donors (Lipinski definition) is 3. The zero-order valence-corrected chi connectivity index (χ0v) is 21.6. The fourth-order valence-corrected chi connectivity index (χ4v) is 5.64. The smallest absolute Gasteiger partial charge is 0.240 e. The summed E-state index contributed by atoms with van der Waals surface area (Å²) in [4.78, 5) is 49.8. The number of likely N-dealkylation sites (tertiary alicyclic amines) is 1. The van der Waals surface area contributed by atoms with E-state index in [1.165, 1.54) is 63.1 Å². The van der Waals surface area contributed by atoms with Crippen molar-refractivity contribution in [3.63, 3.8) is 0 Å². The molecule has 1 saturated heterocycles. The van der Waals surface area contributed by atoms with Crippen molar-refractivity contribution in [1.29, 1.82) is 0 Å². The van der Waals surface area contributed by atoms with Crippen LogP contribution in [-0.2, 0) is 19.2 Å². The first kappa shape index (κ1) is 28.5. The molecule has 2 aliphatic rings. The molecule has 2 rings (SSSR count). The fraction of sp³-hybridized carbons (Fsp3) is 0.840. The van der Waals surface area contributed by atoms with Crippen molar-refractivity contribution in [1.82, 2.24) is 15.5 Å². The number of amides is 4. The highest BCUT2D eigenvalue weighted by molar-refractivity contribution is 8.00. The second-order valence-corrected chi connectivity index (χ2v) is 10.7. The maximum Gasteiger partial charge on any atom is 0.240 e. The zero-order valence-electron chi connectivity index (χ0n) is 20.8. The van der Waals surface area contributed by atoms with Crippen LogP contribution in [0.3, 0.4) is 0 Å². The zero-order chi connectivity index (χ0) is 24.8. The molecule has 0 aromatic carbocycles. The van der Waals surface area contributed by atoms with Gasteiger partial charge in [0.1, 0.15) is 6.04 Å². The molecular weight excluding hydrogens is 452 g/mol. The summed E-state index contributed by atoms with van der Waals surface area (Å²) in [5.41, 5.74) is 5.40.